The predicted molar refractivity (Wildman–Crippen MR) is 76.1 cm³/mol. The van der Waals surface area contributed by atoms with Crippen LogP contribution in [0.2, 0.25) is 10.0 Å². The van der Waals surface area contributed by atoms with Crippen LogP contribution in [-0.4, -0.2) is 4.98 Å². The standard InChI is InChI=1S/C11H8BrCl2N3/c12-6-1-2-8(13)10(3-6)17-11-9(14)4-7(15)5-16-11/h1-5H,15H2,(H,16,17). The Labute approximate surface area is 117 Å². The van der Waals surface area contributed by atoms with Crippen molar-refractivity contribution >= 4 is 56.3 Å². The quantitative estimate of drug-likeness (QED) is 0.852. The molecule has 0 bridgehead atoms. The Morgan fingerprint density at radius 1 is 1.18 bits per heavy atom. The van der Waals surface area contributed by atoms with E-state index >= 15 is 0 Å². The van der Waals surface area contributed by atoms with Gasteiger partial charge < -0.3 is 11.1 Å². The zero-order valence-electron chi connectivity index (χ0n) is 8.55. The average molecular weight is 333 g/mol. The first-order chi connectivity index (χ1) is 8.06. The Kier molecular flexibility index (Phi) is 3.76. The van der Waals surface area contributed by atoms with Crippen molar-refractivity contribution in [3.05, 3.63) is 45.0 Å². The highest BCUT2D eigenvalue weighted by Gasteiger charge is 2.06. The van der Waals surface area contributed by atoms with Crippen LogP contribution in [0.5, 0.6) is 0 Å². The molecule has 0 atom stereocenters. The summed E-state index contributed by atoms with van der Waals surface area (Å²) in [6.07, 6.45) is 1.53. The summed E-state index contributed by atoms with van der Waals surface area (Å²) in [5.74, 6) is 0.515. The van der Waals surface area contributed by atoms with E-state index in [9.17, 15) is 0 Å². The molecule has 0 unspecified atom stereocenters. The van der Waals surface area contributed by atoms with Crippen LogP contribution >= 0.6 is 39.1 Å². The van der Waals surface area contributed by atoms with Crippen molar-refractivity contribution < 1.29 is 0 Å². The number of hydrogen-bond donors (Lipinski definition) is 2. The summed E-state index contributed by atoms with van der Waals surface area (Å²) in [6.45, 7) is 0. The minimum atomic E-state index is 0.445. The maximum absolute atomic E-state index is 6.05. The fourth-order valence-corrected chi connectivity index (χ4v) is 2.01. The number of hydrogen-bond acceptors (Lipinski definition) is 3. The second-order valence-electron chi connectivity index (χ2n) is 3.35. The van der Waals surface area contributed by atoms with Gasteiger partial charge in [0.2, 0.25) is 0 Å². The lowest BCUT2D eigenvalue weighted by molar-refractivity contribution is 1.31. The lowest BCUT2D eigenvalue weighted by Crippen LogP contribution is -1.96. The van der Waals surface area contributed by atoms with E-state index in [-0.39, 0.29) is 0 Å². The van der Waals surface area contributed by atoms with E-state index < -0.39 is 0 Å². The topological polar surface area (TPSA) is 50.9 Å². The molecule has 0 fully saturated rings. The number of halogens is 3. The number of nitrogen functional groups attached to an aromatic ring is 1. The molecule has 2 rings (SSSR count). The third-order valence-electron chi connectivity index (χ3n) is 2.04. The maximum atomic E-state index is 6.05. The highest BCUT2D eigenvalue weighted by atomic mass is 79.9. The summed E-state index contributed by atoms with van der Waals surface area (Å²) in [6, 6.07) is 7.10. The number of aromatic nitrogens is 1. The molecule has 1 heterocycles. The molecular formula is C11H8BrCl2N3. The number of pyridine rings is 1. The van der Waals surface area contributed by atoms with E-state index in [1.54, 1.807) is 12.1 Å². The molecule has 0 amide bonds. The molecule has 0 aliphatic heterocycles. The number of rotatable bonds is 2. The van der Waals surface area contributed by atoms with Crippen molar-refractivity contribution in [2.24, 2.45) is 0 Å². The SMILES string of the molecule is Nc1cnc(Nc2cc(Br)ccc2Cl)c(Cl)c1. The third-order valence-corrected chi connectivity index (χ3v) is 3.15. The molecular weight excluding hydrogens is 325 g/mol. The summed E-state index contributed by atoms with van der Waals surface area (Å²) in [4.78, 5) is 4.10. The monoisotopic (exact) mass is 331 g/mol. The highest BCUT2D eigenvalue weighted by molar-refractivity contribution is 9.10. The minimum Gasteiger partial charge on any atom is -0.397 e. The van der Waals surface area contributed by atoms with Gasteiger partial charge in [0.15, 0.2) is 0 Å². The normalized spacial score (nSPS) is 10.3. The summed E-state index contributed by atoms with van der Waals surface area (Å²) < 4.78 is 0.913. The van der Waals surface area contributed by atoms with Gasteiger partial charge in [-0.1, -0.05) is 39.1 Å². The van der Waals surface area contributed by atoms with E-state index in [1.165, 1.54) is 6.20 Å². The number of nitrogens with one attached hydrogen (secondary N) is 1. The molecule has 3 N–H and O–H groups in total. The Hall–Kier alpha value is -0.970. The van der Waals surface area contributed by atoms with Crippen LogP contribution in [0.15, 0.2) is 34.9 Å². The fourth-order valence-electron chi connectivity index (χ4n) is 1.27. The van der Waals surface area contributed by atoms with Crippen LogP contribution in [-0.2, 0) is 0 Å². The van der Waals surface area contributed by atoms with E-state index in [0.717, 1.165) is 10.2 Å². The first kappa shape index (κ1) is 12.5. The van der Waals surface area contributed by atoms with Gasteiger partial charge in [0.1, 0.15) is 5.82 Å². The molecule has 0 saturated heterocycles. The van der Waals surface area contributed by atoms with Crippen molar-refractivity contribution in [3.63, 3.8) is 0 Å². The van der Waals surface area contributed by atoms with Crippen LogP contribution in [0.25, 0.3) is 0 Å². The van der Waals surface area contributed by atoms with Crippen LogP contribution in [0.3, 0.4) is 0 Å². The van der Waals surface area contributed by atoms with Crippen molar-refractivity contribution in [1.29, 1.82) is 0 Å². The Morgan fingerprint density at radius 2 is 1.94 bits per heavy atom. The number of nitrogens with zero attached hydrogens (tertiary/aromatic N) is 1. The van der Waals surface area contributed by atoms with Crippen molar-refractivity contribution in [2.45, 2.75) is 0 Å². The third kappa shape index (κ3) is 3.03. The van der Waals surface area contributed by atoms with Gasteiger partial charge in [-0.25, -0.2) is 4.98 Å². The van der Waals surface area contributed by atoms with E-state index in [1.807, 2.05) is 12.1 Å². The van der Waals surface area contributed by atoms with Crippen LogP contribution in [0.1, 0.15) is 0 Å². The molecule has 1 aromatic carbocycles. The zero-order valence-corrected chi connectivity index (χ0v) is 11.6. The summed E-state index contributed by atoms with van der Waals surface area (Å²) in [5, 5.41) is 4.08. The molecule has 6 heteroatoms. The fraction of sp³-hybridized carbons (Fsp3) is 0. The number of anilines is 3. The Balaban J connectivity index is 2.34. The summed E-state index contributed by atoms with van der Waals surface area (Å²) >= 11 is 15.4. The lowest BCUT2D eigenvalue weighted by Gasteiger charge is -2.09. The smallest absolute Gasteiger partial charge is 0.149 e. The maximum Gasteiger partial charge on any atom is 0.149 e. The molecule has 0 radical (unpaired) electrons. The van der Waals surface area contributed by atoms with Gasteiger partial charge in [-0.2, -0.15) is 0 Å². The van der Waals surface area contributed by atoms with Crippen LogP contribution in [0, 0.1) is 0 Å². The summed E-state index contributed by atoms with van der Waals surface area (Å²) in [7, 11) is 0. The molecule has 17 heavy (non-hydrogen) atoms. The van der Waals surface area contributed by atoms with Crippen LogP contribution < -0.4 is 11.1 Å². The molecule has 0 aliphatic carbocycles. The molecule has 0 spiro atoms. The van der Waals surface area contributed by atoms with Gasteiger partial charge in [-0.3, -0.25) is 0 Å². The second kappa shape index (κ2) is 5.12. The molecule has 0 aliphatic rings. The van der Waals surface area contributed by atoms with Gasteiger partial charge in [0, 0.05) is 4.47 Å². The minimum absolute atomic E-state index is 0.445. The molecule has 2 aromatic rings. The zero-order chi connectivity index (χ0) is 12.4. The predicted octanol–water partition coefficient (Wildman–Crippen LogP) is 4.48. The Bertz CT molecular complexity index is 560. The second-order valence-corrected chi connectivity index (χ2v) is 5.08. The van der Waals surface area contributed by atoms with E-state index in [0.29, 0.717) is 21.6 Å². The average Bonchev–Trinajstić information content (AvgIpc) is 2.27. The van der Waals surface area contributed by atoms with Gasteiger partial charge in [-0.15, -0.1) is 0 Å². The first-order valence-electron chi connectivity index (χ1n) is 4.69. The van der Waals surface area contributed by atoms with E-state index in [4.69, 9.17) is 28.9 Å². The molecule has 1 aromatic heterocycles. The molecule has 88 valence electrons. The van der Waals surface area contributed by atoms with Gasteiger partial charge in [0.25, 0.3) is 0 Å². The largest absolute Gasteiger partial charge is 0.397 e. The van der Waals surface area contributed by atoms with Gasteiger partial charge >= 0.3 is 0 Å². The van der Waals surface area contributed by atoms with Crippen molar-refractivity contribution in [2.75, 3.05) is 11.1 Å². The van der Waals surface area contributed by atoms with Crippen molar-refractivity contribution in [3.8, 4) is 0 Å². The van der Waals surface area contributed by atoms with Gasteiger partial charge in [-0.05, 0) is 24.3 Å². The highest BCUT2D eigenvalue weighted by Crippen LogP contribution is 2.31. The number of nitrogens with two attached hydrogens (primary N) is 1. The molecule has 3 nitrogen and oxygen atoms in total. The van der Waals surface area contributed by atoms with E-state index in [2.05, 4.69) is 26.2 Å². The van der Waals surface area contributed by atoms with Crippen LogP contribution in [0.4, 0.5) is 17.2 Å². The first-order valence-corrected chi connectivity index (χ1v) is 6.24. The van der Waals surface area contributed by atoms with Crippen molar-refractivity contribution in [1.82, 2.24) is 4.98 Å². The number of benzene rings is 1. The Morgan fingerprint density at radius 3 is 2.65 bits per heavy atom. The lowest BCUT2D eigenvalue weighted by atomic mass is 10.3. The summed E-state index contributed by atoms with van der Waals surface area (Å²) in [5.41, 5.74) is 6.80. The van der Waals surface area contributed by atoms with Gasteiger partial charge in [0.05, 0.1) is 27.6 Å². The molecule has 0 saturated carbocycles.